The van der Waals surface area contributed by atoms with Crippen molar-refractivity contribution in [1.29, 1.82) is 0 Å². The van der Waals surface area contributed by atoms with Crippen molar-refractivity contribution < 1.29 is 29.1 Å². The number of piperidine rings is 1. The lowest BCUT2D eigenvalue weighted by molar-refractivity contribution is -0.136. The maximum atomic E-state index is 13.4. The third-order valence-electron chi connectivity index (χ3n) is 11.4. The third kappa shape index (κ3) is 7.79. The second-order valence-electron chi connectivity index (χ2n) is 15.1. The molecule has 2 atom stereocenters. The van der Waals surface area contributed by atoms with E-state index in [9.17, 15) is 33.9 Å². The van der Waals surface area contributed by atoms with Crippen LogP contribution < -0.4 is 26.4 Å². The summed E-state index contributed by atoms with van der Waals surface area (Å²) in [5.74, 6) is -1.51. The van der Waals surface area contributed by atoms with Crippen LogP contribution in [0.1, 0.15) is 77.6 Å². The summed E-state index contributed by atoms with van der Waals surface area (Å²) in [5, 5.41) is 19.4. The molecule has 2 aromatic carbocycles. The smallest absolute Gasteiger partial charge is 0.278 e. The van der Waals surface area contributed by atoms with Crippen molar-refractivity contribution in [3.8, 4) is 5.82 Å². The van der Waals surface area contributed by atoms with Crippen LogP contribution in [0, 0.1) is 0 Å². The molecule has 18 nitrogen and oxygen atoms in total. The first-order valence-corrected chi connectivity index (χ1v) is 20.8. The number of anilines is 4. The number of carbonyl (C=O) groups excluding carboxylic acids is 5. The van der Waals surface area contributed by atoms with E-state index in [-0.39, 0.29) is 48.4 Å². The highest BCUT2D eigenvalue weighted by molar-refractivity contribution is 6.23. The summed E-state index contributed by atoms with van der Waals surface area (Å²) in [6, 6.07) is 15.3. The van der Waals surface area contributed by atoms with Gasteiger partial charge in [-0.3, -0.25) is 39.0 Å². The highest BCUT2D eigenvalue weighted by Crippen LogP contribution is 2.32. The molecule has 4 N–H and O–H groups in total. The number of fused-ring (bicyclic) bond motifs is 3. The number of hydrogen-bond acceptors (Lipinski definition) is 13. The van der Waals surface area contributed by atoms with Gasteiger partial charge in [-0.25, -0.2) is 19.3 Å². The fourth-order valence-electron chi connectivity index (χ4n) is 8.30. The fourth-order valence-corrected chi connectivity index (χ4v) is 8.30. The quantitative estimate of drug-likeness (QED) is 0.111. The number of amides is 5. The number of rotatable bonds is 11. The molecule has 0 bridgehead atoms. The van der Waals surface area contributed by atoms with Gasteiger partial charge in [-0.05, 0) is 73.4 Å². The molecule has 5 aromatic rings. The summed E-state index contributed by atoms with van der Waals surface area (Å²) in [6.45, 7) is 10.7. The summed E-state index contributed by atoms with van der Waals surface area (Å²) in [7, 11) is 0. The Labute approximate surface area is 356 Å². The summed E-state index contributed by atoms with van der Waals surface area (Å²) in [5.41, 5.74) is 4.35. The van der Waals surface area contributed by atoms with Gasteiger partial charge < -0.3 is 25.5 Å². The van der Waals surface area contributed by atoms with Gasteiger partial charge in [0, 0.05) is 68.8 Å². The van der Waals surface area contributed by atoms with Crippen LogP contribution in [0.2, 0.25) is 0 Å². The van der Waals surface area contributed by atoms with Gasteiger partial charge in [0.1, 0.15) is 11.4 Å². The van der Waals surface area contributed by atoms with Crippen molar-refractivity contribution in [3.05, 3.63) is 106 Å². The number of carbonyl (C=O) groups is 5. The molecule has 9 rings (SSSR count). The average molecular weight is 842 g/mol. The number of aliphatic hydroxyl groups excluding tert-OH is 1. The van der Waals surface area contributed by atoms with Crippen molar-refractivity contribution in [3.63, 3.8) is 0 Å². The molecule has 0 radical (unpaired) electrons. The van der Waals surface area contributed by atoms with E-state index >= 15 is 0 Å². The zero-order valence-corrected chi connectivity index (χ0v) is 34.5. The van der Waals surface area contributed by atoms with Gasteiger partial charge in [0.25, 0.3) is 17.4 Å². The highest BCUT2D eigenvalue weighted by atomic mass is 16.3. The summed E-state index contributed by atoms with van der Waals surface area (Å²) in [4.78, 5) is 95.4. The Morgan fingerprint density at radius 3 is 2.39 bits per heavy atom. The second kappa shape index (κ2) is 17.4. The number of aliphatic hydroxyl groups is 1. The van der Waals surface area contributed by atoms with Crippen LogP contribution in [0.4, 0.5) is 23.0 Å². The van der Waals surface area contributed by atoms with Crippen LogP contribution >= 0.6 is 0 Å². The molecule has 0 spiro atoms. The summed E-state index contributed by atoms with van der Waals surface area (Å²) < 4.78 is 3.14. The number of aromatic nitrogens is 5. The zero-order chi connectivity index (χ0) is 43.7. The molecular weight excluding hydrogens is 795 g/mol. The van der Waals surface area contributed by atoms with Gasteiger partial charge in [-0.15, -0.1) is 6.58 Å². The van der Waals surface area contributed by atoms with E-state index in [4.69, 9.17) is 9.97 Å². The lowest BCUT2D eigenvalue weighted by atomic mass is 10.0. The van der Waals surface area contributed by atoms with Crippen molar-refractivity contribution in [2.24, 2.45) is 0 Å². The monoisotopic (exact) mass is 841 g/mol. The first-order valence-electron chi connectivity index (χ1n) is 20.8. The maximum absolute atomic E-state index is 13.4. The molecule has 3 aromatic heterocycles. The van der Waals surface area contributed by atoms with Crippen molar-refractivity contribution in [2.45, 2.75) is 64.6 Å². The molecule has 3 aliphatic heterocycles. The molecule has 320 valence electrons. The highest BCUT2D eigenvalue weighted by Gasteiger charge is 2.44. The van der Waals surface area contributed by atoms with E-state index in [0.717, 1.165) is 28.3 Å². The Hall–Kier alpha value is -7.21. The number of nitrogens with one attached hydrogen (secondary N) is 3. The largest absolute Gasteiger partial charge is 0.387 e. The number of imide groups is 2. The molecule has 2 saturated heterocycles. The van der Waals surface area contributed by atoms with Crippen LogP contribution in [0.15, 0.2) is 78.2 Å². The predicted octanol–water partition coefficient (Wildman–Crippen LogP) is 3.46. The molecule has 62 heavy (non-hydrogen) atoms. The van der Waals surface area contributed by atoms with Crippen molar-refractivity contribution >= 4 is 63.6 Å². The minimum atomic E-state index is -1.04. The molecule has 18 heteroatoms. The third-order valence-corrected chi connectivity index (χ3v) is 11.4. The van der Waals surface area contributed by atoms with Gasteiger partial charge in [-0.1, -0.05) is 26.0 Å². The van der Waals surface area contributed by atoms with Gasteiger partial charge in [0.15, 0.2) is 11.5 Å². The molecule has 1 aliphatic carbocycles. The van der Waals surface area contributed by atoms with E-state index in [1.54, 1.807) is 22.9 Å². The van der Waals surface area contributed by atoms with Crippen LogP contribution in [0.25, 0.3) is 16.9 Å². The molecule has 2 unspecified atom stereocenters. The number of piperazine rings is 1. The van der Waals surface area contributed by atoms with Gasteiger partial charge in [0.2, 0.25) is 23.7 Å². The number of nitrogens with zero attached hydrogens (tertiary/aromatic N) is 8. The number of hydrogen-bond donors (Lipinski definition) is 4. The normalized spacial score (nSPS) is 18.3. The Balaban J connectivity index is 0.00000261. The van der Waals surface area contributed by atoms with E-state index in [1.165, 1.54) is 16.9 Å². The first-order chi connectivity index (χ1) is 30.1. The average Bonchev–Trinajstić information content (AvgIpc) is 3.88. The molecule has 2 fully saturated rings. The van der Waals surface area contributed by atoms with Gasteiger partial charge >= 0.3 is 0 Å². The number of benzene rings is 2. The number of aryl methyl sites for hydroxylation is 1. The number of pyridine rings is 1. The molecule has 0 saturated carbocycles. The zero-order valence-electron chi connectivity index (χ0n) is 34.5. The summed E-state index contributed by atoms with van der Waals surface area (Å²) >= 11 is 0. The van der Waals surface area contributed by atoms with E-state index in [2.05, 4.69) is 32.4 Å². The molecule has 6 heterocycles. The first kappa shape index (κ1) is 41.5. The standard InChI is InChI=1S/C42H41N11O7.C2H6/c1-2-17-51-39(58)30-23-44-42(48-37(30)53(51)33-13-4-24-3-12-32(54)36(24)46-33)45-25-5-8-27(9-6-25)49-18-20-50(21-19-49)35(56)15-16-43-26-7-10-28-29(22-26)41(60)52(40(28)59)31-11-14-34(55)47-38(31)57;1-2/h2,4-10,13,22-23,31-32,43,54H,1,3,11-12,14-21H2,(H,44,45,48)(H,47,55,57);1-2H3. The molecule has 5 amide bonds. The van der Waals surface area contributed by atoms with Crippen LogP contribution in [-0.4, -0.2) is 108 Å². The van der Waals surface area contributed by atoms with E-state index in [0.29, 0.717) is 73.3 Å². The topological polar surface area (TPSA) is 217 Å². The minimum absolute atomic E-state index is 0.00934. The summed E-state index contributed by atoms with van der Waals surface area (Å²) in [6.07, 6.45) is 4.17. The second-order valence-corrected chi connectivity index (χ2v) is 15.1. The lowest BCUT2D eigenvalue weighted by Gasteiger charge is -2.36. The maximum Gasteiger partial charge on any atom is 0.278 e. The molecular formula is C44H47N11O7. The Bertz CT molecular complexity index is 2670. The van der Waals surface area contributed by atoms with E-state index in [1.807, 2.05) is 55.1 Å². The Morgan fingerprint density at radius 1 is 0.903 bits per heavy atom. The van der Waals surface area contributed by atoms with Gasteiger partial charge in [-0.2, -0.15) is 4.98 Å². The number of allylic oxidation sites excluding steroid dienone is 1. The Morgan fingerprint density at radius 2 is 1.65 bits per heavy atom. The lowest BCUT2D eigenvalue weighted by Crippen LogP contribution is -2.54. The van der Waals surface area contributed by atoms with Crippen LogP contribution in [-0.2, 0) is 27.3 Å². The van der Waals surface area contributed by atoms with E-state index < -0.39 is 35.8 Å². The fraction of sp³-hybridized carbons (Fsp3) is 0.341. The van der Waals surface area contributed by atoms with Crippen molar-refractivity contribution in [2.75, 3.05) is 48.3 Å². The Kier molecular flexibility index (Phi) is 11.7. The minimum Gasteiger partial charge on any atom is -0.387 e. The van der Waals surface area contributed by atoms with Crippen LogP contribution in [0.5, 0.6) is 0 Å². The van der Waals surface area contributed by atoms with Crippen LogP contribution in [0.3, 0.4) is 0 Å². The predicted molar refractivity (Wildman–Crippen MR) is 230 cm³/mol. The van der Waals surface area contributed by atoms with Gasteiger partial charge in [0.05, 0.1) is 29.5 Å². The SMILES string of the molecule is C=CCn1c(=O)c2cnc(Nc3ccc(N4CCN(C(=O)CCNc5ccc6c(c5)C(=O)N(C5CCC(=O)NC5=O)C6=O)CC4)cc3)nc2n1-c1ccc2c(n1)C(O)CC2.CC. The van der Waals surface area contributed by atoms with Crippen molar-refractivity contribution in [1.82, 2.24) is 39.4 Å². The molecule has 4 aliphatic rings.